The smallest absolute Gasteiger partial charge is 0.342 e. The van der Waals surface area contributed by atoms with Crippen molar-refractivity contribution in [1.82, 2.24) is 20.6 Å². The minimum absolute atomic E-state index is 0.143. The van der Waals surface area contributed by atoms with Crippen LogP contribution in [0.15, 0.2) is 9.59 Å². The second-order valence-electron chi connectivity index (χ2n) is 2.97. The van der Waals surface area contributed by atoms with Crippen LogP contribution in [0.2, 0.25) is 0 Å². The van der Waals surface area contributed by atoms with Crippen LogP contribution in [-0.2, 0) is 4.79 Å². The summed E-state index contributed by atoms with van der Waals surface area (Å²) in [6.45, 7) is 1.73. The van der Waals surface area contributed by atoms with Crippen LogP contribution in [0, 0.1) is 0 Å². The summed E-state index contributed by atoms with van der Waals surface area (Å²) in [6, 6.07) is -0.690. The normalized spacial score (nSPS) is 11.9. The Bertz CT molecular complexity index is 478. The first kappa shape index (κ1) is 11.9. The molecule has 0 unspecified atom stereocenters. The lowest BCUT2D eigenvalue weighted by Crippen LogP contribution is -2.44. The third-order valence-corrected chi connectivity index (χ3v) is 1.89. The predicted octanol–water partition coefficient (Wildman–Crippen LogP) is -2.36. The average molecular weight is 228 g/mol. The number of amides is 1. The van der Waals surface area contributed by atoms with Crippen molar-refractivity contribution >= 4 is 11.7 Å². The highest BCUT2D eigenvalue weighted by Gasteiger charge is 2.16. The molecule has 1 aromatic heterocycles. The van der Waals surface area contributed by atoms with Crippen molar-refractivity contribution in [3.63, 3.8) is 0 Å². The van der Waals surface area contributed by atoms with Gasteiger partial charge in [0.25, 0.3) is 11.5 Å². The van der Waals surface area contributed by atoms with E-state index in [1.54, 1.807) is 6.92 Å². The first-order valence-electron chi connectivity index (χ1n) is 4.54. The van der Waals surface area contributed by atoms with Gasteiger partial charge in [0.1, 0.15) is 6.04 Å². The van der Waals surface area contributed by atoms with Crippen LogP contribution in [0.4, 0.5) is 5.82 Å². The molecule has 0 aliphatic heterocycles. The molecule has 88 valence electrons. The van der Waals surface area contributed by atoms with Crippen LogP contribution in [-0.4, -0.2) is 27.1 Å². The number of aromatic nitrogens is 3. The number of hydrazine groups is 1. The molecule has 1 atom stereocenters. The molecular formula is C7H12N6O3. The molecule has 9 nitrogen and oxygen atoms in total. The molecule has 1 heterocycles. The maximum absolute atomic E-state index is 11.2. The number of carbonyl (C=O) groups excluding carboxylic acids is 1. The summed E-state index contributed by atoms with van der Waals surface area (Å²) in [4.78, 5) is 35.1. The van der Waals surface area contributed by atoms with Crippen molar-refractivity contribution in [2.75, 3.05) is 5.32 Å². The van der Waals surface area contributed by atoms with E-state index in [-0.39, 0.29) is 5.82 Å². The van der Waals surface area contributed by atoms with Crippen molar-refractivity contribution in [3.05, 3.63) is 20.8 Å². The van der Waals surface area contributed by atoms with Gasteiger partial charge >= 0.3 is 5.69 Å². The van der Waals surface area contributed by atoms with Crippen molar-refractivity contribution in [1.29, 1.82) is 0 Å². The van der Waals surface area contributed by atoms with Crippen LogP contribution in [0.5, 0.6) is 0 Å². The van der Waals surface area contributed by atoms with Gasteiger partial charge in [0.05, 0.1) is 0 Å². The lowest BCUT2D eigenvalue weighted by Gasteiger charge is -2.14. The second-order valence-corrected chi connectivity index (χ2v) is 2.97. The molecule has 0 bridgehead atoms. The number of anilines is 1. The average Bonchev–Trinajstić information content (AvgIpc) is 2.27. The van der Waals surface area contributed by atoms with Crippen LogP contribution >= 0.6 is 0 Å². The highest BCUT2D eigenvalue weighted by molar-refractivity contribution is 5.83. The molecule has 9 heteroatoms. The van der Waals surface area contributed by atoms with Gasteiger partial charge in [-0.15, -0.1) is 5.10 Å². The highest BCUT2D eigenvalue weighted by Crippen LogP contribution is 1.98. The van der Waals surface area contributed by atoms with Crippen molar-refractivity contribution in [2.45, 2.75) is 19.4 Å². The molecule has 0 aromatic carbocycles. The molecule has 0 aliphatic rings. The van der Waals surface area contributed by atoms with E-state index in [2.05, 4.69) is 10.4 Å². The zero-order valence-electron chi connectivity index (χ0n) is 8.53. The Kier molecular flexibility index (Phi) is 3.78. The van der Waals surface area contributed by atoms with Gasteiger partial charge in [-0.05, 0) is 6.42 Å². The zero-order chi connectivity index (χ0) is 12.1. The molecule has 6 N–H and O–H groups in total. The summed E-state index contributed by atoms with van der Waals surface area (Å²) in [7, 11) is 0. The number of nitrogens with one attached hydrogen (secondary N) is 4. The quantitative estimate of drug-likeness (QED) is 0.221. The molecule has 0 radical (unpaired) electrons. The summed E-state index contributed by atoms with van der Waals surface area (Å²) in [5.41, 5.74) is 0.536. The second kappa shape index (κ2) is 5.07. The van der Waals surface area contributed by atoms with Gasteiger partial charge < -0.3 is 5.32 Å². The Labute approximate surface area is 89.4 Å². The number of nitrogens with two attached hydrogens (primary N) is 1. The lowest BCUT2D eigenvalue weighted by atomic mass is 10.2. The lowest BCUT2D eigenvalue weighted by molar-refractivity contribution is -0.121. The largest absolute Gasteiger partial charge is 0.352 e. The maximum atomic E-state index is 11.2. The summed E-state index contributed by atoms with van der Waals surface area (Å²) in [5, 5.41) is 8.07. The number of hydrogen-bond donors (Lipinski definition) is 5. The van der Waals surface area contributed by atoms with Crippen LogP contribution in [0.1, 0.15) is 13.3 Å². The number of hydrogen-bond acceptors (Lipinski definition) is 6. The van der Waals surface area contributed by atoms with Gasteiger partial charge in [0.2, 0.25) is 5.82 Å². The van der Waals surface area contributed by atoms with Gasteiger partial charge in [0.15, 0.2) is 0 Å². The minimum atomic E-state index is -0.716. The van der Waals surface area contributed by atoms with Gasteiger partial charge in [0, 0.05) is 0 Å². The number of carbonyl (C=O) groups is 1. The Morgan fingerprint density at radius 1 is 1.56 bits per heavy atom. The third kappa shape index (κ3) is 2.67. The fourth-order valence-corrected chi connectivity index (χ4v) is 1.06. The molecule has 0 fully saturated rings. The van der Waals surface area contributed by atoms with E-state index in [0.717, 1.165) is 0 Å². The zero-order valence-corrected chi connectivity index (χ0v) is 8.53. The predicted molar refractivity (Wildman–Crippen MR) is 55.5 cm³/mol. The fraction of sp³-hybridized carbons (Fsp3) is 0.429. The van der Waals surface area contributed by atoms with Crippen molar-refractivity contribution in [3.8, 4) is 0 Å². The van der Waals surface area contributed by atoms with E-state index in [4.69, 9.17) is 5.84 Å². The third-order valence-electron chi connectivity index (χ3n) is 1.89. The molecule has 0 spiro atoms. The molecule has 16 heavy (non-hydrogen) atoms. The number of aromatic amines is 2. The summed E-state index contributed by atoms with van der Waals surface area (Å²) in [6.07, 6.45) is 0.406. The molecule has 1 aromatic rings. The van der Waals surface area contributed by atoms with E-state index in [1.807, 2.05) is 15.5 Å². The Morgan fingerprint density at radius 2 is 2.25 bits per heavy atom. The molecule has 0 saturated heterocycles. The molecule has 1 amide bonds. The SMILES string of the molecule is CC[C@@H](Nc1n[nH]c(=O)[nH]c1=O)C(=O)NN. The van der Waals surface area contributed by atoms with Gasteiger partial charge in [-0.1, -0.05) is 6.92 Å². The van der Waals surface area contributed by atoms with Crippen molar-refractivity contribution < 1.29 is 4.79 Å². The molecule has 1 rings (SSSR count). The summed E-state index contributed by atoms with van der Waals surface area (Å²) in [5.74, 6) is 4.34. The van der Waals surface area contributed by atoms with E-state index in [9.17, 15) is 14.4 Å². The first-order valence-corrected chi connectivity index (χ1v) is 4.54. The first-order chi connectivity index (χ1) is 7.58. The highest BCUT2D eigenvalue weighted by atomic mass is 16.2. The maximum Gasteiger partial charge on any atom is 0.342 e. The van der Waals surface area contributed by atoms with E-state index >= 15 is 0 Å². The topological polar surface area (TPSA) is 146 Å². The molecule has 0 saturated carbocycles. The Hall–Kier alpha value is -2.16. The summed E-state index contributed by atoms with van der Waals surface area (Å²) < 4.78 is 0. The fourth-order valence-electron chi connectivity index (χ4n) is 1.06. The Morgan fingerprint density at radius 3 is 2.75 bits per heavy atom. The number of H-pyrrole nitrogens is 2. The van der Waals surface area contributed by atoms with Gasteiger partial charge in [-0.25, -0.2) is 15.7 Å². The molecule has 0 aliphatic carbocycles. The van der Waals surface area contributed by atoms with E-state index in [0.29, 0.717) is 6.42 Å². The Balaban J connectivity index is 2.90. The summed E-state index contributed by atoms with van der Waals surface area (Å²) >= 11 is 0. The minimum Gasteiger partial charge on any atom is -0.352 e. The van der Waals surface area contributed by atoms with Crippen LogP contribution in [0.3, 0.4) is 0 Å². The number of rotatable bonds is 4. The van der Waals surface area contributed by atoms with Crippen LogP contribution in [0.25, 0.3) is 0 Å². The van der Waals surface area contributed by atoms with Crippen molar-refractivity contribution in [2.24, 2.45) is 5.84 Å². The number of nitrogens with zero attached hydrogens (tertiary/aromatic N) is 1. The standard InChI is InChI=1S/C7H12N6O3/c1-2-3(5(14)11-8)9-4-6(15)10-7(16)13-12-4/h3H,2,8H2,1H3,(H,9,12)(H,11,14)(H2,10,13,15,16)/t3-/m1/s1. The van der Waals surface area contributed by atoms with E-state index in [1.165, 1.54) is 0 Å². The van der Waals surface area contributed by atoms with E-state index < -0.39 is 23.2 Å². The van der Waals surface area contributed by atoms with Gasteiger partial charge in [-0.3, -0.25) is 20.0 Å². The monoisotopic (exact) mass is 228 g/mol. The van der Waals surface area contributed by atoms with Crippen LogP contribution < -0.4 is 27.8 Å². The van der Waals surface area contributed by atoms with Gasteiger partial charge in [-0.2, -0.15) is 0 Å². The molecular weight excluding hydrogens is 216 g/mol.